The zero-order valence-electron chi connectivity index (χ0n) is 18.1. The van der Waals surface area contributed by atoms with Crippen LogP contribution >= 0.6 is 11.6 Å². The van der Waals surface area contributed by atoms with Gasteiger partial charge >= 0.3 is 6.18 Å². The van der Waals surface area contributed by atoms with Crippen LogP contribution in [-0.4, -0.2) is 54.5 Å². The zero-order valence-corrected chi connectivity index (χ0v) is 18.9. The lowest BCUT2D eigenvalue weighted by Gasteiger charge is -2.33. The van der Waals surface area contributed by atoms with Crippen molar-refractivity contribution < 1.29 is 32.2 Å². The Hall–Kier alpha value is -3.55. The third-order valence-electron chi connectivity index (χ3n) is 5.62. The lowest BCUT2D eigenvalue weighted by Crippen LogP contribution is -2.58. The number of hydrogen-bond donors (Lipinski definition) is 3. The Balaban J connectivity index is 1.75. The molecular weight excluding hydrogens is 513 g/mol. The van der Waals surface area contributed by atoms with Crippen molar-refractivity contribution in [2.24, 2.45) is 0 Å². The highest BCUT2D eigenvalue weighted by molar-refractivity contribution is 6.32. The van der Waals surface area contributed by atoms with Gasteiger partial charge in [0.15, 0.2) is 5.54 Å². The molecule has 0 spiro atoms. The van der Waals surface area contributed by atoms with Gasteiger partial charge in [-0.1, -0.05) is 17.7 Å². The van der Waals surface area contributed by atoms with Gasteiger partial charge < -0.3 is 15.5 Å². The van der Waals surface area contributed by atoms with Crippen LogP contribution in [0.15, 0.2) is 53.7 Å². The average molecular weight is 530 g/mol. The number of aliphatic hydroxyl groups is 2. The first-order valence-electron chi connectivity index (χ1n) is 10.2. The molecule has 0 saturated heterocycles. The number of aromatic nitrogens is 4. The number of benzene rings is 1. The summed E-state index contributed by atoms with van der Waals surface area (Å²) < 4.78 is 70.8. The summed E-state index contributed by atoms with van der Waals surface area (Å²) in [5.41, 5.74) is -3.82. The molecule has 0 bridgehead atoms. The third-order valence-corrected chi connectivity index (χ3v) is 5.92. The molecule has 0 atom stereocenters. The van der Waals surface area contributed by atoms with Crippen molar-refractivity contribution in [3.05, 3.63) is 81.5 Å². The maximum absolute atomic E-state index is 14.1. The van der Waals surface area contributed by atoms with Crippen LogP contribution in [-0.2, 0) is 6.54 Å². The van der Waals surface area contributed by atoms with Crippen molar-refractivity contribution in [3.8, 4) is 5.69 Å². The summed E-state index contributed by atoms with van der Waals surface area (Å²) in [4.78, 5) is 16.9. The number of anilines is 1. The van der Waals surface area contributed by atoms with Gasteiger partial charge in [-0.15, -0.1) is 0 Å². The van der Waals surface area contributed by atoms with Crippen molar-refractivity contribution in [3.63, 3.8) is 0 Å². The highest BCUT2D eigenvalue weighted by Crippen LogP contribution is 2.33. The maximum Gasteiger partial charge on any atom is 0.416 e. The molecular formula is C22H17ClF5N5O3. The van der Waals surface area contributed by atoms with Crippen molar-refractivity contribution >= 4 is 28.3 Å². The first kappa shape index (κ1) is 25.5. The molecule has 1 aromatic carbocycles. The molecule has 4 aromatic rings. The number of hydrogen-bond acceptors (Lipinski definition) is 6. The minimum atomic E-state index is -5.04. The first-order chi connectivity index (χ1) is 17.0. The Morgan fingerprint density at radius 1 is 1.06 bits per heavy atom. The number of nitrogens with one attached hydrogen (secondary N) is 1. The van der Waals surface area contributed by atoms with Crippen molar-refractivity contribution in [1.82, 2.24) is 19.3 Å². The molecule has 8 nitrogen and oxygen atoms in total. The lowest BCUT2D eigenvalue weighted by molar-refractivity contribution is -0.197. The summed E-state index contributed by atoms with van der Waals surface area (Å²) in [5.74, 6) is -1.99. The van der Waals surface area contributed by atoms with E-state index in [2.05, 4.69) is 10.1 Å². The fourth-order valence-electron chi connectivity index (χ4n) is 3.53. The molecule has 0 fully saturated rings. The second kappa shape index (κ2) is 9.48. The van der Waals surface area contributed by atoms with Crippen LogP contribution in [0.4, 0.5) is 27.8 Å². The number of rotatable bonds is 7. The fourth-order valence-corrected chi connectivity index (χ4v) is 3.73. The van der Waals surface area contributed by atoms with Gasteiger partial charge in [-0.05, 0) is 18.2 Å². The van der Waals surface area contributed by atoms with Crippen molar-refractivity contribution in [1.29, 1.82) is 0 Å². The minimum Gasteiger partial charge on any atom is -0.393 e. The minimum absolute atomic E-state index is 0.0481. The number of aliphatic hydroxyl groups excluding tert-OH is 2. The van der Waals surface area contributed by atoms with Gasteiger partial charge in [0.2, 0.25) is 0 Å². The Morgan fingerprint density at radius 2 is 1.72 bits per heavy atom. The number of nitrogens with zero attached hydrogens (tertiary/aromatic N) is 4. The van der Waals surface area contributed by atoms with Gasteiger partial charge in [-0.25, -0.2) is 13.8 Å². The predicted octanol–water partition coefficient (Wildman–Crippen LogP) is 3.26. The van der Waals surface area contributed by atoms with E-state index in [1.165, 1.54) is 29.2 Å². The van der Waals surface area contributed by atoms with Crippen molar-refractivity contribution in [2.75, 3.05) is 18.5 Å². The molecule has 0 aliphatic carbocycles. The van der Waals surface area contributed by atoms with Gasteiger partial charge in [0.25, 0.3) is 5.56 Å². The molecule has 4 rings (SSSR count). The van der Waals surface area contributed by atoms with E-state index >= 15 is 0 Å². The van der Waals surface area contributed by atoms with Gasteiger partial charge in [0, 0.05) is 17.8 Å². The van der Waals surface area contributed by atoms with Crippen molar-refractivity contribution in [2.45, 2.75) is 18.3 Å². The highest BCUT2D eigenvalue weighted by Gasteiger charge is 2.54. The average Bonchev–Trinajstić information content (AvgIpc) is 3.24. The summed E-state index contributed by atoms with van der Waals surface area (Å²) in [7, 11) is 0. The standard InChI is InChI=1S/C22H17ClF5N5O3/c23-14-8-29-19(31-21(10-34,11-35)22(26,27)28)6-18(14)32-5-4-17-12(20(32)36)7-30-33(17)9-13-15(24)2-1-3-16(13)25/h1-8,34-35H,9-11H2,(H,29,31). The highest BCUT2D eigenvalue weighted by atomic mass is 35.5. The number of pyridine rings is 2. The van der Waals surface area contributed by atoms with Crippen LogP contribution in [0.25, 0.3) is 16.6 Å². The summed E-state index contributed by atoms with van der Waals surface area (Å²) in [5, 5.41) is 24.6. The van der Waals surface area contributed by atoms with Crippen LogP contribution in [0, 0.1) is 11.6 Å². The van der Waals surface area contributed by atoms with E-state index in [1.54, 1.807) is 0 Å². The fraction of sp³-hybridized carbons (Fsp3) is 0.227. The van der Waals surface area contributed by atoms with E-state index in [0.29, 0.717) is 0 Å². The molecule has 0 amide bonds. The van der Waals surface area contributed by atoms with E-state index in [-0.39, 0.29) is 33.7 Å². The second-order valence-corrected chi connectivity index (χ2v) is 8.24. The normalized spacial score (nSPS) is 12.3. The van der Waals surface area contributed by atoms with Crippen LogP contribution in [0.3, 0.4) is 0 Å². The van der Waals surface area contributed by atoms with Gasteiger partial charge in [-0.2, -0.15) is 18.3 Å². The third kappa shape index (κ3) is 4.40. The molecule has 14 heteroatoms. The maximum atomic E-state index is 14.1. The Bertz CT molecular complexity index is 1460. The Morgan fingerprint density at radius 3 is 2.33 bits per heavy atom. The smallest absolute Gasteiger partial charge is 0.393 e. The summed E-state index contributed by atoms with van der Waals surface area (Å²) >= 11 is 6.16. The monoisotopic (exact) mass is 529 g/mol. The molecule has 0 unspecified atom stereocenters. The Kier molecular flexibility index (Phi) is 6.73. The number of halogens is 6. The molecule has 3 heterocycles. The van der Waals surface area contributed by atoms with Crippen LogP contribution in [0.5, 0.6) is 0 Å². The first-order valence-corrected chi connectivity index (χ1v) is 10.6. The molecule has 190 valence electrons. The predicted molar refractivity (Wildman–Crippen MR) is 120 cm³/mol. The van der Waals surface area contributed by atoms with E-state index in [0.717, 1.165) is 29.0 Å². The quantitative estimate of drug-likeness (QED) is 0.317. The topological polar surface area (TPSA) is 105 Å². The van der Waals surface area contributed by atoms with E-state index in [9.17, 15) is 37.0 Å². The number of alkyl halides is 3. The van der Waals surface area contributed by atoms with Gasteiger partial charge in [0.05, 0.1) is 53.8 Å². The van der Waals surface area contributed by atoms with E-state index in [1.807, 2.05) is 5.32 Å². The summed E-state index contributed by atoms with van der Waals surface area (Å²) in [6.07, 6.45) is -1.59. The number of fused-ring (bicyclic) bond motifs is 1. The van der Waals surface area contributed by atoms with Crippen LogP contribution in [0.2, 0.25) is 5.02 Å². The molecule has 0 saturated carbocycles. The lowest BCUT2D eigenvalue weighted by atomic mass is 10.0. The van der Waals surface area contributed by atoms with E-state index < -0.39 is 47.9 Å². The van der Waals surface area contributed by atoms with Gasteiger partial charge in [-0.3, -0.25) is 14.0 Å². The summed E-state index contributed by atoms with van der Waals surface area (Å²) in [6.45, 7) is -3.27. The summed E-state index contributed by atoms with van der Waals surface area (Å²) in [6, 6.07) is 5.87. The molecule has 36 heavy (non-hydrogen) atoms. The molecule has 0 aliphatic heterocycles. The largest absolute Gasteiger partial charge is 0.416 e. The van der Waals surface area contributed by atoms with Crippen LogP contribution < -0.4 is 10.9 Å². The molecule has 0 radical (unpaired) electrons. The van der Waals surface area contributed by atoms with E-state index in [4.69, 9.17) is 11.6 Å². The van der Waals surface area contributed by atoms with Crippen LogP contribution in [0.1, 0.15) is 5.56 Å². The zero-order chi connectivity index (χ0) is 26.3. The Labute approximate surface area is 204 Å². The molecule has 0 aliphatic rings. The van der Waals surface area contributed by atoms with Gasteiger partial charge in [0.1, 0.15) is 17.5 Å². The second-order valence-electron chi connectivity index (χ2n) is 7.83. The SMILES string of the molecule is O=c1c2cnn(Cc3c(F)cccc3F)c2ccn1-c1cc(NC(CO)(CO)C(F)(F)F)ncc1Cl. The molecule has 3 aromatic heterocycles. The molecule has 3 N–H and O–H groups in total.